The topological polar surface area (TPSA) is 86.5 Å². The molecule has 5 rings (SSSR count). The minimum Gasteiger partial charge on any atom is -0.393 e. The fourth-order valence-corrected chi connectivity index (χ4v) is 6.59. The molecule has 2 atom stereocenters. The maximum Gasteiger partial charge on any atom is 0.227 e. The highest BCUT2D eigenvalue weighted by molar-refractivity contribution is 5.82. The van der Waals surface area contributed by atoms with Crippen LogP contribution in [0, 0.1) is 5.92 Å². The van der Waals surface area contributed by atoms with Crippen molar-refractivity contribution in [3.8, 4) is 0 Å². The van der Waals surface area contributed by atoms with E-state index < -0.39 is 0 Å². The Morgan fingerprint density at radius 2 is 1.89 bits per heavy atom. The number of nitrogens with one attached hydrogen (secondary N) is 1. The SMILES string of the molecule is CCC[C@H](C)Nc1ncc2c(C3CCN(C(=O)C4CCN(C)C4)CC3)cn([C@H]3CC[C@H](O)CC3)c2n1. The number of likely N-dealkylation sites (tertiary alicyclic amines) is 2. The smallest absolute Gasteiger partial charge is 0.227 e. The van der Waals surface area contributed by atoms with Gasteiger partial charge in [-0.25, -0.2) is 4.98 Å². The molecule has 3 aliphatic rings. The lowest BCUT2D eigenvalue weighted by molar-refractivity contribution is -0.136. The summed E-state index contributed by atoms with van der Waals surface area (Å²) in [7, 11) is 2.11. The number of carbonyl (C=O) groups is 1. The number of carbonyl (C=O) groups excluding carboxylic acids is 1. The fourth-order valence-electron chi connectivity index (χ4n) is 6.59. The van der Waals surface area contributed by atoms with Crippen molar-refractivity contribution in [3.05, 3.63) is 18.0 Å². The predicted octanol–water partition coefficient (Wildman–Crippen LogP) is 4.17. The van der Waals surface area contributed by atoms with Crippen molar-refractivity contribution in [1.29, 1.82) is 0 Å². The molecule has 2 aromatic heterocycles. The molecule has 0 spiro atoms. The Morgan fingerprint density at radius 1 is 1.14 bits per heavy atom. The lowest BCUT2D eigenvalue weighted by Crippen LogP contribution is -2.42. The largest absolute Gasteiger partial charge is 0.393 e. The molecular formula is C28H44N6O2. The van der Waals surface area contributed by atoms with Crippen molar-refractivity contribution < 1.29 is 9.90 Å². The molecular weight excluding hydrogens is 452 g/mol. The molecule has 3 fully saturated rings. The van der Waals surface area contributed by atoms with Crippen molar-refractivity contribution in [3.63, 3.8) is 0 Å². The van der Waals surface area contributed by atoms with E-state index in [9.17, 15) is 9.90 Å². The molecule has 8 heteroatoms. The first-order valence-electron chi connectivity index (χ1n) is 14.2. The van der Waals surface area contributed by atoms with Crippen LogP contribution in [0.2, 0.25) is 0 Å². The normalized spacial score (nSPS) is 27.0. The number of amides is 1. The highest BCUT2D eigenvalue weighted by Gasteiger charge is 2.33. The third kappa shape index (κ3) is 5.40. The van der Waals surface area contributed by atoms with E-state index in [1.165, 1.54) is 5.56 Å². The summed E-state index contributed by atoms with van der Waals surface area (Å²) < 4.78 is 2.37. The summed E-state index contributed by atoms with van der Waals surface area (Å²) in [5, 5.41) is 14.7. The minimum absolute atomic E-state index is 0.171. The number of hydrogen-bond donors (Lipinski definition) is 2. The standard InChI is InChI=1S/C28H44N6O2/c1-4-5-19(2)30-28-29-16-24-25(18-34(26(24)31-28)22-6-8-23(35)9-7-22)20-11-14-33(15-12-20)27(36)21-10-13-32(3)17-21/h16,18-23,35H,4-15,17H2,1-3H3,(H,29,30,31)/t19-,21?,22-,23-/m0/s1. The number of nitrogens with zero attached hydrogens (tertiary/aromatic N) is 5. The van der Waals surface area contributed by atoms with Gasteiger partial charge >= 0.3 is 0 Å². The van der Waals surface area contributed by atoms with E-state index in [0.29, 0.717) is 29.9 Å². The van der Waals surface area contributed by atoms with Crippen LogP contribution in [0.4, 0.5) is 5.95 Å². The van der Waals surface area contributed by atoms with Crippen LogP contribution in [0.25, 0.3) is 11.0 Å². The van der Waals surface area contributed by atoms with E-state index in [2.05, 4.69) is 46.8 Å². The number of hydrogen-bond acceptors (Lipinski definition) is 6. The van der Waals surface area contributed by atoms with Crippen molar-refractivity contribution in [2.45, 2.75) is 95.7 Å². The van der Waals surface area contributed by atoms with Crippen molar-refractivity contribution in [1.82, 2.24) is 24.3 Å². The molecule has 8 nitrogen and oxygen atoms in total. The van der Waals surface area contributed by atoms with Gasteiger partial charge in [0.1, 0.15) is 5.65 Å². The lowest BCUT2D eigenvalue weighted by atomic mass is 9.89. The minimum atomic E-state index is -0.175. The highest BCUT2D eigenvalue weighted by Crippen LogP contribution is 2.38. The number of fused-ring (bicyclic) bond motifs is 1. The third-order valence-corrected chi connectivity index (χ3v) is 8.75. The molecule has 36 heavy (non-hydrogen) atoms. The number of anilines is 1. The average Bonchev–Trinajstić information content (AvgIpc) is 3.48. The van der Waals surface area contributed by atoms with Gasteiger partial charge in [-0.3, -0.25) is 4.79 Å². The van der Waals surface area contributed by atoms with Crippen molar-refractivity contribution >= 4 is 22.9 Å². The van der Waals surface area contributed by atoms with Crippen LogP contribution in [0.3, 0.4) is 0 Å². The molecule has 0 aromatic carbocycles. The molecule has 2 N–H and O–H groups in total. The van der Waals surface area contributed by atoms with Gasteiger partial charge in [-0.15, -0.1) is 0 Å². The van der Waals surface area contributed by atoms with Gasteiger partial charge in [0, 0.05) is 49.5 Å². The Bertz CT molecular complexity index is 1040. The maximum absolute atomic E-state index is 13.1. The van der Waals surface area contributed by atoms with Crippen LogP contribution in [-0.4, -0.2) is 80.7 Å². The van der Waals surface area contributed by atoms with Gasteiger partial charge in [-0.2, -0.15) is 4.98 Å². The Balaban J connectivity index is 1.36. The molecule has 2 aromatic rings. The van der Waals surface area contributed by atoms with E-state index in [0.717, 1.165) is 95.0 Å². The van der Waals surface area contributed by atoms with Gasteiger partial charge in [0.15, 0.2) is 0 Å². The molecule has 1 saturated carbocycles. The van der Waals surface area contributed by atoms with Crippen molar-refractivity contribution in [2.75, 3.05) is 38.5 Å². The molecule has 1 amide bonds. The third-order valence-electron chi connectivity index (χ3n) is 8.75. The van der Waals surface area contributed by atoms with Crippen molar-refractivity contribution in [2.24, 2.45) is 5.92 Å². The Hall–Kier alpha value is -2.19. The molecule has 1 unspecified atom stereocenters. The maximum atomic E-state index is 13.1. The van der Waals surface area contributed by atoms with Gasteiger partial charge in [0.25, 0.3) is 0 Å². The van der Waals surface area contributed by atoms with E-state index in [1.807, 2.05) is 6.20 Å². The zero-order valence-corrected chi connectivity index (χ0v) is 22.3. The molecule has 2 saturated heterocycles. The zero-order valence-electron chi connectivity index (χ0n) is 22.3. The number of aromatic nitrogens is 3. The quantitative estimate of drug-likeness (QED) is 0.599. The van der Waals surface area contributed by atoms with Crippen LogP contribution >= 0.6 is 0 Å². The summed E-state index contributed by atoms with van der Waals surface area (Å²) in [5.74, 6) is 1.64. The summed E-state index contributed by atoms with van der Waals surface area (Å²) in [6.45, 7) is 7.97. The monoisotopic (exact) mass is 496 g/mol. The van der Waals surface area contributed by atoms with Gasteiger partial charge < -0.3 is 24.8 Å². The Labute approximate surface area is 215 Å². The predicted molar refractivity (Wildman–Crippen MR) is 143 cm³/mol. The first kappa shape index (κ1) is 25.5. The van der Waals surface area contributed by atoms with E-state index in [1.54, 1.807) is 0 Å². The summed E-state index contributed by atoms with van der Waals surface area (Å²) in [4.78, 5) is 27.2. The van der Waals surface area contributed by atoms with Crippen LogP contribution in [-0.2, 0) is 4.79 Å². The van der Waals surface area contributed by atoms with Crippen LogP contribution < -0.4 is 5.32 Å². The first-order chi connectivity index (χ1) is 17.4. The average molecular weight is 497 g/mol. The van der Waals surface area contributed by atoms with Gasteiger partial charge in [-0.05, 0) is 83.4 Å². The molecule has 0 radical (unpaired) electrons. The number of aliphatic hydroxyl groups is 1. The van der Waals surface area contributed by atoms with E-state index in [-0.39, 0.29) is 12.0 Å². The molecule has 4 heterocycles. The summed E-state index contributed by atoms with van der Waals surface area (Å²) in [5.41, 5.74) is 2.34. The summed E-state index contributed by atoms with van der Waals surface area (Å²) >= 11 is 0. The molecule has 2 aliphatic heterocycles. The van der Waals surface area contributed by atoms with Crippen LogP contribution in [0.15, 0.2) is 12.4 Å². The number of aliphatic hydroxyl groups excluding tert-OH is 1. The van der Waals surface area contributed by atoms with Gasteiger partial charge in [0.2, 0.25) is 11.9 Å². The highest BCUT2D eigenvalue weighted by atomic mass is 16.3. The second kappa shape index (κ2) is 11.1. The fraction of sp³-hybridized carbons (Fsp3) is 0.750. The molecule has 198 valence electrons. The lowest BCUT2D eigenvalue weighted by Gasteiger charge is -2.33. The number of rotatable bonds is 7. The van der Waals surface area contributed by atoms with E-state index in [4.69, 9.17) is 9.97 Å². The molecule has 1 aliphatic carbocycles. The van der Waals surface area contributed by atoms with Gasteiger partial charge in [-0.1, -0.05) is 13.3 Å². The Morgan fingerprint density at radius 3 is 2.56 bits per heavy atom. The number of piperidine rings is 1. The Kier molecular flexibility index (Phi) is 7.82. The summed E-state index contributed by atoms with van der Waals surface area (Å²) in [6.07, 6.45) is 13.0. The van der Waals surface area contributed by atoms with E-state index >= 15 is 0 Å². The first-order valence-corrected chi connectivity index (χ1v) is 14.2. The van der Waals surface area contributed by atoms with Crippen LogP contribution in [0.1, 0.15) is 89.2 Å². The second-order valence-corrected chi connectivity index (χ2v) is 11.6. The zero-order chi connectivity index (χ0) is 25.2. The molecule has 0 bridgehead atoms. The summed E-state index contributed by atoms with van der Waals surface area (Å²) in [6, 6.07) is 0.697. The van der Waals surface area contributed by atoms with Gasteiger partial charge in [0.05, 0.1) is 12.0 Å². The van der Waals surface area contributed by atoms with Crippen LogP contribution in [0.5, 0.6) is 0 Å². The second-order valence-electron chi connectivity index (χ2n) is 11.6.